The van der Waals surface area contributed by atoms with Crippen LogP contribution in [-0.2, 0) is 16.1 Å². The summed E-state index contributed by atoms with van der Waals surface area (Å²) >= 11 is 0. The maximum absolute atomic E-state index is 12.5. The van der Waals surface area contributed by atoms with Gasteiger partial charge in [0.1, 0.15) is 12.3 Å². The molecule has 0 aromatic heterocycles. The Morgan fingerprint density at radius 1 is 1.35 bits per heavy atom. The van der Waals surface area contributed by atoms with Crippen LogP contribution >= 0.6 is 0 Å². The quantitative estimate of drug-likeness (QED) is 0.837. The van der Waals surface area contributed by atoms with Crippen LogP contribution in [-0.4, -0.2) is 48.4 Å². The van der Waals surface area contributed by atoms with Gasteiger partial charge in [-0.2, -0.15) is 0 Å². The van der Waals surface area contributed by atoms with Crippen LogP contribution in [0.1, 0.15) is 32.3 Å². The van der Waals surface area contributed by atoms with Crippen LogP contribution in [0.2, 0.25) is 0 Å². The van der Waals surface area contributed by atoms with Gasteiger partial charge in [0.15, 0.2) is 0 Å². The molecule has 0 saturated carbocycles. The number of piperidine rings is 1. The molecule has 0 radical (unpaired) electrons. The topological polar surface area (TPSA) is 49.9 Å². The third-order valence-corrected chi connectivity index (χ3v) is 4.33. The van der Waals surface area contributed by atoms with E-state index in [4.69, 9.17) is 4.74 Å². The molecule has 1 saturated heterocycles. The first-order valence-corrected chi connectivity index (χ1v) is 8.16. The number of carbonyl (C=O) groups is 2. The van der Waals surface area contributed by atoms with Gasteiger partial charge in [0.2, 0.25) is 11.8 Å². The largest absolute Gasteiger partial charge is 0.496 e. The van der Waals surface area contributed by atoms with Gasteiger partial charge in [-0.15, -0.1) is 0 Å². The van der Waals surface area contributed by atoms with E-state index in [0.717, 1.165) is 30.8 Å². The summed E-state index contributed by atoms with van der Waals surface area (Å²) < 4.78 is 5.33. The molecule has 1 aromatic rings. The van der Waals surface area contributed by atoms with Crippen molar-refractivity contribution in [3.63, 3.8) is 0 Å². The molecule has 23 heavy (non-hydrogen) atoms. The number of carbonyl (C=O) groups excluding carboxylic acids is 2. The van der Waals surface area contributed by atoms with E-state index < -0.39 is 0 Å². The molecule has 0 aliphatic carbocycles. The SMILES string of the molecule is COc1ccccc1CN(CC(=O)N1CCCC(C)C1)C(C)=O. The molecule has 1 unspecified atom stereocenters. The average molecular weight is 318 g/mol. The van der Waals surface area contributed by atoms with Crippen molar-refractivity contribution in [2.24, 2.45) is 5.92 Å². The second kappa shape index (κ2) is 7.99. The van der Waals surface area contributed by atoms with Crippen LogP contribution in [0.25, 0.3) is 0 Å². The summed E-state index contributed by atoms with van der Waals surface area (Å²) in [5.74, 6) is 1.20. The summed E-state index contributed by atoms with van der Waals surface area (Å²) in [6, 6.07) is 7.58. The number of hydrogen-bond acceptors (Lipinski definition) is 3. The van der Waals surface area contributed by atoms with Crippen LogP contribution in [0.15, 0.2) is 24.3 Å². The molecule has 2 amide bonds. The zero-order chi connectivity index (χ0) is 16.8. The Bertz CT molecular complexity index is 559. The predicted molar refractivity (Wildman–Crippen MR) is 89.1 cm³/mol. The maximum atomic E-state index is 12.5. The van der Waals surface area contributed by atoms with Crippen LogP contribution in [0.3, 0.4) is 0 Å². The lowest BCUT2D eigenvalue weighted by atomic mass is 10.0. The number of methoxy groups -OCH3 is 1. The Labute approximate surface area is 138 Å². The van der Waals surface area contributed by atoms with Crippen LogP contribution in [0, 0.1) is 5.92 Å². The predicted octanol–water partition coefficient (Wildman–Crippen LogP) is 2.30. The molecule has 0 bridgehead atoms. The van der Waals surface area contributed by atoms with Crippen molar-refractivity contribution in [2.45, 2.75) is 33.2 Å². The van der Waals surface area contributed by atoms with Crippen molar-refractivity contribution >= 4 is 11.8 Å². The zero-order valence-electron chi connectivity index (χ0n) is 14.2. The van der Waals surface area contributed by atoms with E-state index in [2.05, 4.69) is 6.92 Å². The molecule has 1 atom stereocenters. The highest BCUT2D eigenvalue weighted by Gasteiger charge is 2.24. The zero-order valence-corrected chi connectivity index (χ0v) is 14.2. The summed E-state index contributed by atoms with van der Waals surface area (Å²) in [6.07, 6.45) is 2.21. The smallest absolute Gasteiger partial charge is 0.242 e. The normalized spacial score (nSPS) is 17.7. The molecule has 0 N–H and O–H groups in total. The lowest BCUT2D eigenvalue weighted by molar-refractivity contribution is -0.140. The minimum atomic E-state index is -0.102. The lowest BCUT2D eigenvalue weighted by Gasteiger charge is -2.33. The van der Waals surface area contributed by atoms with Crippen molar-refractivity contribution < 1.29 is 14.3 Å². The van der Waals surface area contributed by atoms with E-state index in [9.17, 15) is 9.59 Å². The molecule has 0 spiro atoms. The van der Waals surface area contributed by atoms with Gasteiger partial charge in [0.05, 0.1) is 7.11 Å². The van der Waals surface area contributed by atoms with Gasteiger partial charge in [-0.05, 0) is 24.8 Å². The fourth-order valence-electron chi connectivity index (χ4n) is 3.00. The van der Waals surface area contributed by atoms with Gasteiger partial charge in [0, 0.05) is 32.1 Å². The van der Waals surface area contributed by atoms with Crippen molar-refractivity contribution in [3.05, 3.63) is 29.8 Å². The molecule has 5 nitrogen and oxygen atoms in total. The van der Waals surface area contributed by atoms with Gasteiger partial charge >= 0.3 is 0 Å². The number of para-hydroxylation sites is 1. The van der Waals surface area contributed by atoms with Crippen molar-refractivity contribution in [2.75, 3.05) is 26.7 Å². The monoisotopic (exact) mass is 318 g/mol. The van der Waals surface area contributed by atoms with E-state index in [0.29, 0.717) is 12.5 Å². The van der Waals surface area contributed by atoms with Crippen molar-refractivity contribution in [1.82, 2.24) is 9.80 Å². The third-order valence-electron chi connectivity index (χ3n) is 4.33. The Kier molecular flexibility index (Phi) is 6.02. The first-order chi connectivity index (χ1) is 11.0. The fourth-order valence-corrected chi connectivity index (χ4v) is 3.00. The fraction of sp³-hybridized carbons (Fsp3) is 0.556. The van der Waals surface area contributed by atoms with Crippen LogP contribution in [0.5, 0.6) is 5.75 Å². The molecule has 1 aliphatic rings. The lowest BCUT2D eigenvalue weighted by Crippen LogP contribution is -2.45. The first-order valence-electron chi connectivity index (χ1n) is 8.16. The van der Waals surface area contributed by atoms with Gasteiger partial charge in [-0.25, -0.2) is 0 Å². The first kappa shape index (κ1) is 17.3. The molecule has 1 aliphatic heterocycles. The summed E-state index contributed by atoms with van der Waals surface area (Å²) in [4.78, 5) is 27.9. The molecule has 126 valence electrons. The second-order valence-corrected chi connectivity index (χ2v) is 6.27. The van der Waals surface area contributed by atoms with E-state index in [1.807, 2.05) is 29.2 Å². The highest BCUT2D eigenvalue weighted by molar-refractivity contribution is 5.84. The minimum absolute atomic E-state index is 0.0293. The summed E-state index contributed by atoms with van der Waals surface area (Å²) in [5.41, 5.74) is 0.907. The third kappa shape index (κ3) is 4.71. The van der Waals surface area contributed by atoms with Crippen molar-refractivity contribution in [3.8, 4) is 5.75 Å². The molecule has 1 aromatic carbocycles. The molecular weight excluding hydrogens is 292 g/mol. The van der Waals surface area contributed by atoms with E-state index in [-0.39, 0.29) is 18.4 Å². The summed E-state index contributed by atoms with van der Waals surface area (Å²) in [6.45, 7) is 5.76. The Morgan fingerprint density at radius 2 is 2.09 bits per heavy atom. The average Bonchev–Trinajstić information content (AvgIpc) is 2.54. The second-order valence-electron chi connectivity index (χ2n) is 6.27. The number of amides is 2. The molecule has 2 rings (SSSR count). The standard InChI is InChI=1S/C18H26N2O3/c1-14-7-6-10-19(11-14)18(22)13-20(15(2)21)12-16-8-4-5-9-17(16)23-3/h4-5,8-9,14H,6-7,10-13H2,1-3H3. The van der Waals surface area contributed by atoms with E-state index >= 15 is 0 Å². The minimum Gasteiger partial charge on any atom is -0.496 e. The van der Waals surface area contributed by atoms with Crippen LogP contribution in [0.4, 0.5) is 0 Å². The number of ether oxygens (including phenoxy) is 1. The number of benzene rings is 1. The van der Waals surface area contributed by atoms with E-state index in [1.54, 1.807) is 12.0 Å². The number of likely N-dealkylation sites (tertiary alicyclic amines) is 1. The van der Waals surface area contributed by atoms with Gasteiger partial charge in [0.25, 0.3) is 0 Å². The highest BCUT2D eigenvalue weighted by atomic mass is 16.5. The van der Waals surface area contributed by atoms with Gasteiger partial charge in [-0.1, -0.05) is 25.1 Å². The molecule has 1 heterocycles. The highest BCUT2D eigenvalue weighted by Crippen LogP contribution is 2.20. The van der Waals surface area contributed by atoms with Gasteiger partial charge in [-0.3, -0.25) is 9.59 Å². The van der Waals surface area contributed by atoms with Crippen molar-refractivity contribution in [1.29, 1.82) is 0 Å². The Balaban J connectivity index is 2.04. The number of hydrogen-bond donors (Lipinski definition) is 0. The maximum Gasteiger partial charge on any atom is 0.242 e. The Morgan fingerprint density at radius 3 is 2.74 bits per heavy atom. The molecule has 5 heteroatoms. The summed E-state index contributed by atoms with van der Waals surface area (Å²) in [7, 11) is 1.61. The van der Waals surface area contributed by atoms with E-state index in [1.165, 1.54) is 13.3 Å². The molecule has 1 fully saturated rings. The van der Waals surface area contributed by atoms with Gasteiger partial charge < -0.3 is 14.5 Å². The Hall–Kier alpha value is -2.04. The number of rotatable bonds is 5. The summed E-state index contributed by atoms with van der Waals surface area (Å²) in [5, 5.41) is 0. The molecular formula is C18H26N2O3. The number of nitrogens with zero attached hydrogens (tertiary/aromatic N) is 2. The van der Waals surface area contributed by atoms with Crippen LogP contribution < -0.4 is 4.74 Å².